The van der Waals surface area contributed by atoms with E-state index >= 15 is 0 Å². The molecule has 0 aliphatic rings. The fourth-order valence-corrected chi connectivity index (χ4v) is 17.6. The zero-order valence-corrected chi connectivity index (χ0v) is 64.4. The van der Waals surface area contributed by atoms with E-state index in [-0.39, 0.29) is 5.82 Å². The molecule has 119 heavy (non-hydrogen) atoms. The van der Waals surface area contributed by atoms with Gasteiger partial charge in [0.25, 0.3) is 0 Å². The first-order valence-electron chi connectivity index (χ1n) is 40.1. The summed E-state index contributed by atoms with van der Waals surface area (Å²) in [6, 6.07) is 147. The number of nitrogens with zero attached hydrogens (tertiary/aromatic N) is 8. The predicted molar refractivity (Wildman–Crippen MR) is 490 cm³/mol. The minimum Gasteiger partial charge on any atom is -0.309 e. The van der Waals surface area contributed by atoms with Crippen molar-refractivity contribution in [3.05, 3.63) is 437 Å². The number of fused-ring (bicyclic) bond motifs is 12. The normalized spacial score (nSPS) is 11.6. The molecule has 8 nitrogen and oxygen atoms in total. The Morgan fingerprint density at radius 1 is 0.168 bits per heavy atom. The van der Waals surface area contributed by atoms with E-state index in [4.69, 9.17) is 19.9 Å². The maximum atomic E-state index is 13.9. The predicted octanol–water partition coefficient (Wildman–Crippen LogP) is 28.5. The van der Waals surface area contributed by atoms with Crippen LogP contribution in [0.4, 0.5) is 4.39 Å². The van der Waals surface area contributed by atoms with E-state index in [1.54, 1.807) is 12.1 Å². The Labute approximate surface area is 685 Å². The molecule has 23 rings (SSSR count). The van der Waals surface area contributed by atoms with Crippen molar-refractivity contribution in [1.82, 2.24) is 38.2 Å². The number of halogens is 1. The van der Waals surface area contributed by atoms with Crippen LogP contribution in [0.5, 0.6) is 0 Å². The van der Waals surface area contributed by atoms with Crippen molar-refractivity contribution in [1.29, 1.82) is 0 Å². The molecular weight excluding hydrogens is 1450 g/mol. The quantitative estimate of drug-likeness (QED) is 0.115. The van der Waals surface area contributed by atoms with E-state index in [1.165, 1.54) is 83.1 Å². The van der Waals surface area contributed by atoms with Gasteiger partial charge in [-0.15, -0.1) is 0 Å². The highest BCUT2D eigenvalue weighted by Crippen LogP contribution is 2.43. The lowest BCUT2D eigenvalue weighted by Gasteiger charge is -2.11. The average Bonchev–Trinajstić information content (AvgIpc) is 1.59. The van der Waals surface area contributed by atoms with Crippen molar-refractivity contribution in [2.45, 2.75) is 0 Å². The molecule has 0 bridgehead atoms. The van der Waals surface area contributed by atoms with Gasteiger partial charge in [0.1, 0.15) is 5.82 Å². The van der Waals surface area contributed by atoms with E-state index < -0.39 is 0 Å². The molecule has 23 aromatic rings. The summed E-state index contributed by atoms with van der Waals surface area (Å²) in [5, 5.41) is 9.53. The molecular formula is C110H71FN8. The van der Waals surface area contributed by atoms with E-state index in [2.05, 4.69) is 388 Å². The van der Waals surface area contributed by atoms with Crippen LogP contribution in [0.3, 0.4) is 0 Å². The second-order valence-electron chi connectivity index (χ2n) is 30.3. The Morgan fingerprint density at radius 3 is 0.840 bits per heavy atom. The van der Waals surface area contributed by atoms with E-state index in [0.717, 1.165) is 122 Å². The van der Waals surface area contributed by atoms with Gasteiger partial charge in [-0.3, -0.25) is 9.13 Å². The molecule has 0 fully saturated rings. The molecule has 0 aliphatic carbocycles. The lowest BCUT2D eigenvalue weighted by atomic mass is 9.98. The van der Waals surface area contributed by atoms with Crippen LogP contribution in [0.2, 0.25) is 0 Å². The number of hydrogen-bond donors (Lipinski definition) is 0. The van der Waals surface area contributed by atoms with Gasteiger partial charge in [0, 0.05) is 78.0 Å². The van der Waals surface area contributed by atoms with Crippen molar-refractivity contribution in [3.63, 3.8) is 0 Å². The number of para-hydroxylation sites is 5. The molecule has 0 N–H and O–H groups in total. The zero-order valence-electron chi connectivity index (χ0n) is 64.4. The summed E-state index contributed by atoms with van der Waals surface area (Å²) >= 11 is 0. The molecule has 0 aliphatic heterocycles. The zero-order chi connectivity index (χ0) is 78.9. The molecule has 0 saturated heterocycles. The molecule has 0 atom stereocenters. The Morgan fingerprint density at radius 2 is 0.429 bits per heavy atom. The fraction of sp³-hybridized carbons (Fsp3) is 0. The molecule has 6 aromatic heterocycles. The van der Waals surface area contributed by atoms with Crippen LogP contribution in [0.1, 0.15) is 0 Å². The summed E-state index contributed by atoms with van der Waals surface area (Å²) in [6.45, 7) is 0. The first kappa shape index (κ1) is 69.7. The van der Waals surface area contributed by atoms with Crippen LogP contribution in [-0.2, 0) is 0 Å². The summed E-state index contributed by atoms with van der Waals surface area (Å²) in [5.74, 6) is 1.02. The van der Waals surface area contributed by atoms with Gasteiger partial charge in [0.15, 0.2) is 0 Å². The second kappa shape index (κ2) is 29.5. The van der Waals surface area contributed by atoms with Crippen LogP contribution in [-0.4, -0.2) is 38.2 Å². The van der Waals surface area contributed by atoms with Gasteiger partial charge >= 0.3 is 0 Å². The summed E-state index contributed by atoms with van der Waals surface area (Å²) in [4.78, 5) is 20.1. The Hall–Kier alpha value is -16.0. The highest BCUT2D eigenvalue weighted by Gasteiger charge is 2.22. The van der Waals surface area contributed by atoms with Crippen molar-refractivity contribution in [2.24, 2.45) is 0 Å². The third-order valence-corrected chi connectivity index (χ3v) is 23.3. The van der Waals surface area contributed by atoms with Gasteiger partial charge in [-0.05, 0) is 211 Å². The molecule has 0 unspecified atom stereocenters. The smallest absolute Gasteiger partial charge is 0.235 e. The summed E-state index contributed by atoms with van der Waals surface area (Å²) in [5.41, 5.74) is 30.8. The first-order chi connectivity index (χ1) is 58.9. The Kier molecular flexibility index (Phi) is 17.3. The minimum atomic E-state index is -0.239. The van der Waals surface area contributed by atoms with Crippen molar-refractivity contribution in [3.8, 4) is 124 Å². The van der Waals surface area contributed by atoms with Gasteiger partial charge in [-0.1, -0.05) is 285 Å². The van der Waals surface area contributed by atoms with Gasteiger partial charge in [0.2, 0.25) is 11.9 Å². The molecule has 0 radical (unpaired) electrons. The molecule has 558 valence electrons. The molecule has 17 aromatic carbocycles. The first-order valence-corrected chi connectivity index (χ1v) is 40.1. The van der Waals surface area contributed by atoms with Crippen LogP contribution < -0.4 is 0 Å². The number of rotatable bonds is 13. The van der Waals surface area contributed by atoms with Gasteiger partial charge in [0.05, 0.1) is 55.5 Å². The number of hydrogen-bond acceptors (Lipinski definition) is 4. The third kappa shape index (κ3) is 12.7. The van der Waals surface area contributed by atoms with E-state index in [9.17, 15) is 4.39 Å². The largest absolute Gasteiger partial charge is 0.309 e. The van der Waals surface area contributed by atoms with Crippen LogP contribution >= 0.6 is 0 Å². The molecule has 0 spiro atoms. The lowest BCUT2D eigenvalue weighted by Crippen LogP contribution is -2.01. The highest BCUT2D eigenvalue weighted by molar-refractivity contribution is 6.15. The molecule has 0 amide bonds. The fourth-order valence-electron chi connectivity index (χ4n) is 17.6. The van der Waals surface area contributed by atoms with Gasteiger partial charge in [-0.25, -0.2) is 24.3 Å². The topological polar surface area (TPSA) is 71.3 Å². The molecule has 0 saturated carbocycles. The van der Waals surface area contributed by atoms with Crippen molar-refractivity contribution < 1.29 is 4.39 Å². The standard InChI is InChI=1S/C58H38N4.C52H33FN4/c1-3-13-39(14-4-1)41-25-27-42(28-26-41)43-17-11-19-47(35-43)53-33-34-59-58(60-53)62-55-24-10-8-22-50(55)52-38-46(30-32-57(52)62)45-29-31-56-51(37-45)49-21-7-9-23-54(49)61(56)48-20-12-18-44(36-48)40-15-5-2-6-16-40;53-41-13-9-11-37(31-41)35-22-20-34(21-23-35)36-10-8-12-40(30-36)47-28-29-54-52(55-47)57-49-19-7-5-17-44(49)46-33-39(25-27-51(46)57)38-24-26-50-45(32-38)43-16-4-6-18-48(43)56(50)42-14-2-1-3-15-42/h1-38H;1-33H. The van der Waals surface area contributed by atoms with E-state index in [1.807, 2.05) is 42.7 Å². The van der Waals surface area contributed by atoms with Crippen LogP contribution in [0.15, 0.2) is 431 Å². The maximum Gasteiger partial charge on any atom is 0.235 e. The van der Waals surface area contributed by atoms with Crippen LogP contribution in [0.25, 0.3) is 211 Å². The summed E-state index contributed by atoms with van der Waals surface area (Å²) < 4.78 is 23.0. The minimum absolute atomic E-state index is 0.239. The summed E-state index contributed by atoms with van der Waals surface area (Å²) in [6.07, 6.45) is 3.71. The van der Waals surface area contributed by atoms with Crippen molar-refractivity contribution >= 4 is 87.2 Å². The SMILES string of the molecule is Fc1cccc(-c2ccc(-c3cccc(-c4ccnc(-n5c6ccccc6c6cc(-c7ccc8c(c7)c7ccccc7n8-c7ccccc7)ccc65)n4)c3)cc2)c1.c1ccc(-c2ccc(-c3cccc(-c4ccnc(-n5c6ccccc6c6cc(-c7ccc8c(c7)c7ccccc7n8-c7cccc(-c8ccccc8)c7)ccc65)n4)c3)cc2)cc1. The summed E-state index contributed by atoms with van der Waals surface area (Å²) in [7, 11) is 0. The molecule has 9 heteroatoms. The Bertz CT molecular complexity index is 7850. The van der Waals surface area contributed by atoms with Crippen LogP contribution in [0, 0.1) is 5.82 Å². The van der Waals surface area contributed by atoms with Gasteiger partial charge < -0.3 is 9.13 Å². The molecule has 6 heterocycles. The third-order valence-electron chi connectivity index (χ3n) is 23.3. The highest BCUT2D eigenvalue weighted by atomic mass is 19.1. The lowest BCUT2D eigenvalue weighted by molar-refractivity contribution is 0.628. The maximum absolute atomic E-state index is 13.9. The monoisotopic (exact) mass is 1520 g/mol. The number of benzene rings is 17. The van der Waals surface area contributed by atoms with Gasteiger partial charge in [-0.2, -0.15) is 0 Å². The van der Waals surface area contributed by atoms with E-state index in [0.29, 0.717) is 11.9 Å². The van der Waals surface area contributed by atoms with Crippen molar-refractivity contribution in [2.75, 3.05) is 0 Å². The average molecular weight is 1520 g/mol. The number of aromatic nitrogens is 8. The Balaban J connectivity index is 0.000000144. The second-order valence-corrected chi connectivity index (χ2v) is 30.3.